The molecular formula is C30H24FNO3. The van der Waals surface area contributed by atoms with Gasteiger partial charge in [0.25, 0.3) is 0 Å². The van der Waals surface area contributed by atoms with Crippen LogP contribution in [0, 0.1) is 5.82 Å². The van der Waals surface area contributed by atoms with Gasteiger partial charge < -0.3 is 14.5 Å². The SMILES string of the molecule is COc1cc2occ(-c3ccc4ccccc4c3)c2cc1/C(C)=C/C(=O)NCc1ccc(F)cc1. The maximum atomic E-state index is 13.1. The summed E-state index contributed by atoms with van der Waals surface area (Å²) in [5.74, 6) is 0.0773. The predicted octanol–water partition coefficient (Wildman–Crippen LogP) is 7.12. The minimum Gasteiger partial charge on any atom is -0.496 e. The first-order valence-electron chi connectivity index (χ1n) is 11.3. The Balaban J connectivity index is 1.46. The normalized spacial score (nSPS) is 11.7. The number of allylic oxidation sites excluding steroid dienone is 1. The highest BCUT2D eigenvalue weighted by Gasteiger charge is 2.15. The lowest BCUT2D eigenvalue weighted by Crippen LogP contribution is -2.20. The number of benzene rings is 4. The predicted molar refractivity (Wildman–Crippen MR) is 138 cm³/mol. The van der Waals surface area contributed by atoms with Crippen LogP contribution in [0.2, 0.25) is 0 Å². The quantitative estimate of drug-likeness (QED) is 0.272. The molecule has 1 aromatic heterocycles. The molecule has 0 saturated heterocycles. The van der Waals surface area contributed by atoms with Crippen molar-refractivity contribution < 1.29 is 18.3 Å². The Morgan fingerprint density at radius 3 is 2.54 bits per heavy atom. The van der Waals surface area contributed by atoms with Crippen molar-refractivity contribution in [2.24, 2.45) is 0 Å². The van der Waals surface area contributed by atoms with Crippen molar-refractivity contribution in [2.45, 2.75) is 13.5 Å². The van der Waals surface area contributed by atoms with E-state index in [4.69, 9.17) is 9.15 Å². The monoisotopic (exact) mass is 465 g/mol. The maximum absolute atomic E-state index is 13.1. The number of methoxy groups -OCH3 is 1. The van der Waals surface area contributed by atoms with Gasteiger partial charge in [0.05, 0.1) is 13.4 Å². The average Bonchev–Trinajstić information content (AvgIpc) is 3.30. The lowest BCUT2D eigenvalue weighted by atomic mass is 9.97. The van der Waals surface area contributed by atoms with Crippen molar-refractivity contribution in [2.75, 3.05) is 7.11 Å². The van der Waals surface area contributed by atoms with Crippen LogP contribution in [-0.4, -0.2) is 13.0 Å². The van der Waals surface area contributed by atoms with Gasteiger partial charge >= 0.3 is 0 Å². The highest BCUT2D eigenvalue weighted by atomic mass is 19.1. The molecule has 0 saturated carbocycles. The lowest BCUT2D eigenvalue weighted by Gasteiger charge is -2.10. The van der Waals surface area contributed by atoms with Crippen LogP contribution in [0.5, 0.6) is 5.75 Å². The number of amides is 1. The van der Waals surface area contributed by atoms with E-state index in [9.17, 15) is 9.18 Å². The van der Waals surface area contributed by atoms with E-state index in [2.05, 4.69) is 35.6 Å². The van der Waals surface area contributed by atoms with E-state index in [1.165, 1.54) is 17.5 Å². The van der Waals surface area contributed by atoms with E-state index in [0.29, 0.717) is 17.9 Å². The number of ether oxygens (including phenoxy) is 1. The number of carbonyl (C=O) groups excluding carboxylic acids is 1. The Bertz CT molecular complexity index is 1560. The largest absolute Gasteiger partial charge is 0.496 e. The molecule has 0 aliphatic rings. The zero-order chi connectivity index (χ0) is 24.4. The number of fused-ring (bicyclic) bond motifs is 2. The average molecular weight is 466 g/mol. The molecule has 0 aliphatic carbocycles. The van der Waals surface area contributed by atoms with Crippen LogP contribution in [0.15, 0.2) is 95.6 Å². The van der Waals surface area contributed by atoms with Gasteiger partial charge in [0.1, 0.15) is 17.1 Å². The second-order valence-corrected chi connectivity index (χ2v) is 8.43. The van der Waals surface area contributed by atoms with Crippen LogP contribution in [0.3, 0.4) is 0 Å². The van der Waals surface area contributed by atoms with Gasteiger partial charge in [-0.05, 0) is 58.7 Å². The van der Waals surface area contributed by atoms with E-state index < -0.39 is 0 Å². The highest BCUT2D eigenvalue weighted by molar-refractivity contribution is 6.01. The Hall–Kier alpha value is -4.38. The maximum Gasteiger partial charge on any atom is 0.244 e. The van der Waals surface area contributed by atoms with Gasteiger partial charge in [0.2, 0.25) is 5.91 Å². The summed E-state index contributed by atoms with van der Waals surface area (Å²) in [5, 5.41) is 6.12. The highest BCUT2D eigenvalue weighted by Crippen LogP contribution is 2.38. The lowest BCUT2D eigenvalue weighted by molar-refractivity contribution is -0.116. The molecule has 0 aliphatic heterocycles. The molecule has 0 spiro atoms. The molecule has 0 fully saturated rings. The minimum absolute atomic E-state index is 0.240. The van der Waals surface area contributed by atoms with Gasteiger partial charge in [-0.15, -0.1) is 0 Å². The molecule has 4 nitrogen and oxygen atoms in total. The topological polar surface area (TPSA) is 51.5 Å². The van der Waals surface area contributed by atoms with Crippen molar-refractivity contribution in [3.63, 3.8) is 0 Å². The zero-order valence-corrected chi connectivity index (χ0v) is 19.5. The molecule has 5 aromatic rings. The van der Waals surface area contributed by atoms with Gasteiger partial charge in [-0.25, -0.2) is 4.39 Å². The third kappa shape index (κ3) is 4.66. The Labute approximate surface area is 202 Å². The number of hydrogen-bond donors (Lipinski definition) is 1. The summed E-state index contributed by atoms with van der Waals surface area (Å²) in [4.78, 5) is 12.6. The molecule has 174 valence electrons. The van der Waals surface area contributed by atoms with Crippen LogP contribution in [0.25, 0.3) is 38.4 Å². The third-order valence-electron chi connectivity index (χ3n) is 6.11. The fourth-order valence-corrected chi connectivity index (χ4v) is 4.23. The third-order valence-corrected chi connectivity index (χ3v) is 6.11. The number of rotatable bonds is 6. The summed E-state index contributed by atoms with van der Waals surface area (Å²) in [6, 6.07) is 24.5. The van der Waals surface area contributed by atoms with E-state index in [0.717, 1.165) is 38.6 Å². The summed E-state index contributed by atoms with van der Waals surface area (Å²) in [6.45, 7) is 2.18. The van der Waals surface area contributed by atoms with Crippen molar-refractivity contribution in [1.82, 2.24) is 5.32 Å². The number of nitrogens with one attached hydrogen (secondary N) is 1. The van der Waals surface area contributed by atoms with Gasteiger partial charge in [-0.2, -0.15) is 0 Å². The number of carbonyl (C=O) groups is 1. The Morgan fingerprint density at radius 1 is 1.00 bits per heavy atom. The fourth-order valence-electron chi connectivity index (χ4n) is 4.23. The van der Waals surface area contributed by atoms with Crippen LogP contribution in [-0.2, 0) is 11.3 Å². The smallest absolute Gasteiger partial charge is 0.244 e. The van der Waals surface area contributed by atoms with Crippen LogP contribution < -0.4 is 10.1 Å². The first kappa shape index (κ1) is 22.4. The zero-order valence-electron chi connectivity index (χ0n) is 19.5. The molecule has 0 unspecified atom stereocenters. The van der Waals surface area contributed by atoms with Gasteiger partial charge in [0.15, 0.2) is 0 Å². The van der Waals surface area contributed by atoms with Crippen molar-refractivity contribution in [3.8, 4) is 16.9 Å². The standard InChI is InChI=1S/C30H24FNO3/c1-19(13-30(33)32-17-20-7-11-24(31)12-8-20)25-15-26-27(18-35-29(26)16-28(25)34-2)23-10-9-21-5-3-4-6-22(21)14-23/h3-16,18H,17H2,1-2H3,(H,32,33)/b19-13+. The van der Waals surface area contributed by atoms with E-state index in [1.54, 1.807) is 31.6 Å². The molecule has 0 atom stereocenters. The second kappa shape index (κ2) is 9.47. The first-order valence-corrected chi connectivity index (χ1v) is 11.3. The molecular weight excluding hydrogens is 441 g/mol. The molecule has 5 rings (SSSR count). The fraction of sp³-hybridized carbons (Fsp3) is 0.100. The Kier molecular flexibility index (Phi) is 6.06. The summed E-state index contributed by atoms with van der Waals surface area (Å²) >= 11 is 0. The van der Waals surface area contributed by atoms with Crippen LogP contribution >= 0.6 is 0 Å². The molecule has 0 radical (unpaired) electrons. The minimum atomic E-state index is -0.305. The molecule has 4 aromatic carbocycles. The summed E-state index contributed by atoms with van der Waals surface area (Å²) in [6.07, 6.45) is 3.30. The number of furan rings is 1. The molecule has 5 heteroatoms. The molecule has 1 heterocycles. The van der Waals surface area contributed by atoms with Crippen molar-refractivity contribution in [1.29, 1.82) is 0 Å². The van der Waals surface area contributed by atoms with E-state index >= 15 is 0 Å². The van der Waals surface area contributed by atoms with Crippen LogP contribution in [0.4, 0.5) is 4.39 Å². The van der Waals surface area contributed by atoms with Gasteiger partial charge in [0, 0.05) is 35.2 Å². The van der Waals surface area contributed by atoms with Crippen molar-refractivity contribution in [3.05, 3.63) is 108 Å². The summed E-state index contributed by atoms with van der Waals surface area (Å²) < 4.78 is 24.6. The summed E-state index contributed by atoms with van der Waals surface area (Å²) in [5.41, 5.74) is 5.12. The van der Waals surface area contributed by atoms with E-state index in [1.807, 2.05) is 31.2 Å². The molecule has 0 bridgehead atoms. The van der Waals surface area contributed by atoms with Gasteiger partial charge in [-0.1, -0.05) is 48.5 Å². The number of hydrogen-bond acceptors (Lipinski definition) is 3. The first-order chi connectivity index (χ1) is 17.0. The molecule has 35 heavy (non-hydrogen) atoms. The number of halogens is 1. The molecule has 1 N–H and O–H groups in total. The van der Waals surface area contributed by atoms with Crippen molar-refractivity contribution >= 4 is 33.2 Å². The van der Waals surface area contributed by atoms with Gasteiger partial charge in [-0.3, -0.25) is 4.79 Å². The van der Waals surface area contributed by atoms with E-state index in [-0.39, 0.29) is 11.7 Å². The Morgan fingerprint density at radius 2 is 1.77 bits per heavy atom. The second-order valence-electron chi connectivity index (χ2n) is 8.43. The summed E-state index contributed by atoms with van der Waals surface area (Å²) in [7, 11) is 1.60. The van der Waals surface area contributed by atoms with Crippen LogP contribution in [0.1, 0.15) is 18.1 Å². The molecule has 1 amide bonds.